The molecule has 0 fully saturated rings. The van der Waals surface area contributed by atoms with E-state index in [0.29, 0.717) is 6.54 Å². The fourth-order valence-corrected chi connectivity index (χ4v) is 1.92. The second kappa shape index (κ2) is 6.87. The minimum absolute atomic E-state index is 0.199. The van der Waals surface area contributed by atoms with Crippen molar-refractivity contribution in [3.05, 3.63) is 22.2 Å². The molecule has 0 aromatic heterocycles. The van der Waals surface area contributed by atoms with Crippen LogP contribution in [0.5, 0.6) is 11.5 Å². The lowest BCUT2D eigenvalue weighted by atomic mass is 10.1. The number of benzene rings is 1. The fraction of sp³-hybridized carbons (Fsp3) is 0.538. The van der Waals surface area contributed by atoms with Crippen molar-refractivity contribution in [3.8, 4) is 11.5 Å². The number of methoxy groups -OCH3 is 1. The second-order valence-electron chi connectivity index (χ2n) is 3.97. The summed E-state index contributed by atoms with van der Waals surface area (Å²) < 4.78 is 12.1. The zero-order valence-electron chi connectivity index (χ0n) is 10.6. The van der Waals surface area contributed by atoms with Crippen LogP contribution in [-0.2, 0) is 6.42 Å². The van der Waals surface area contributed by atoms with Gasteiger partial charge >= 0.3 is 0 Å². The van der Waals surface area contributed by atoms with Crippen LogP contribution in [0.4, 0.5) is 0 Å². The molecule has 1 aromatic rings. The molecule has 0 aliphatic heterocycles. The highest BCUT2D eigenvalue weighted by atomic mass is 79.9. The van der Waals surface area contributed by atoms with Crippen molar-refractivity contribution < 1.29 is 9.47 Å². The molecule has 0 heterocycles. The Kier molecular flexibility index (Phi) is 5.78. The third kappa shape index (κ3) is 3.89. The summed E-state index contributed by atoms with van der Waals surface area (Å²) in [4.78, 5) is 0. The van der Waals surface area contributed by atoms with Crippen molar-refractivity contribution in [2.75, 3.05) is 13.7 Å². The first-order valence-corrected chi connectivity index (χ1v) is 6.64. The number of nitrogens with two attached hydrogens (primary N) is 1. The van der Waals surface area contributed by atoms with Crippen LogP contribution in [0.15, 0.2) is 16.6 Å². The molecule has 1 aromatic carbocycles. The van der Waals surface area contributed by atoms with Gasteiger partial charge in [0.1, 0.15) is 11.5 Å². The van der Waals surface area contributed by atoms with E-state index in [1.54, 1.807) is 7.11 Å². The lowest BCUT2D eigenvalue weighted by Gasteiger charge is -2.17. The van der Waals surface area contributed by atoms with Gasteiger partial charge in [-0.15, -0.1) is 0 Å². The van der Waals surface area contributed by atoms with Crippen molar-refractivity contribution in [1.29, 1.82) is 0 Å². The summed E-state index contributed by atoms with van der Waals surface area (Å²) in [6, 6.07) is 3.94. The van der Waals surface area contributed by atoms with Crippen LogP contribution in [0.3, 0.4) is 0 Å². The van der Waals surface area contributed by atoms with Gasteiger partial charge in [0.25, 0.3) is 0 Å². The van der Waals surface area contributed by atoms with Gasteiger partial charge in [-0.05, 0) is 59.9 Å². The average Bonchev–Trinajstić information content (AvgIpc) is 2.33. The molecule has 0 aliphatic rings. The molecule has 0 radical (unpaired) electrons. The minimum Gasteiger partial charge on any atom is -0.496 e. The molecule has 3 nitrogen and oxygen atoms in total. The molecule has 0 spiro atoms. The molecule has 0 bridgehead atoms. The Bertz CT molecular complexity index is 369. The summed E-state index contributed by atoms with van der Waals surface area (Å²) in [6.45, 7) is 4.75. The van der Waals surface area contributed by atoms with Crippen LogP contribution < -0.4 is 15.2 Å². The van der Waals surface area contributed by atoms with Crippen LogP contribution in [0.1, 0.15) is 25.8 Å². The van der Waals surface area contributed by atoms with E-state index in [2.05, 4.69) is 29.8 Å². The molecule has 96 valence electrons. The molecule has 1 rings (SSSR count). The summed E-state index contributed by atoms with van der Waals surface area (Å²) >= 11 is 3.49. The Balaban J connectivity index is 3.01. The maximum atomic E-state index is 5.84. The van der Waals surface area contributed by atoms with Gasteiger partial charge in [0, 0.05) is 0 Å². The third-order valence-corrected chi connectivity index (χ3v) is 3.27. The third-order valence-electron chi connectivity index (χ3n) is 2.65. The standard InChI is InChI=1S/C13H20BrNO2/c1-4-9(2)17-13-7-10(5-6-15)12(16-3)8-11(13)14/h7-9H,4-6,15H2,1-3H3. The topological polar surface area (TPSA) is 44.5 Å². The summed E-state index contributed by atoms with van der Waals surface area (Å²) in [5, 5.41) is 0. The predicted molar refractivity (Wildman–Crippen MR) is 73.8 cm³/mol. The van der Waals surface area contributed by atoms with E-state index in [9.17, 15) is 0 Å². The minimum atomic E-state index is 0.199. The smallest absolute Gasteiger partial charge is 0.134 e. The largest absolute Gasteiger partial charge is 0.496 e. The van der Waals surface area contributed by atoms with Crippen LogP contribution in [0.25, 0.3) is 0 Å². The van der Waals surface area contributed by atoms with Crippen molar-refractivity contribution >= 4 is 15.9 Å². The van der Waals surface area contributed by atoms with Gasteiger partial charge in [0.2, 0.25) is 0 Å². The van der Waals surface area contributed by atoms with Crippen LogP contribution in [0, 0.1) is 0 Å². The molecule has 0 amide bonds. The summed E-state index contributed by atoms with van der Waals surface area (Å²) in [7, 11) is 1.66. The van der Waals surface area contributed by atoms with Gasteiger partial charge in [0.15, 0.2) is 0 Å². The zero-order valence-corrected chi connectivity index (χ0v) is 12.2. The maximum absolute atomic E-state index is 5.84. The van der Waals surface area contributed by atoms with Crippen LogP contribution in [0.2, 0.25) is 0 Å². The monoisotopic (exact) mass is 301 g/mol. The average molecular weight is 302 g/mol. The maximum Gasteiger partial charge on any atom is 0.134 e. The first-order chi connectivity index (χ1) is 8.12. The molecule has 0 saturated carbocycles. The number of hydrogen-bond donors (Lipinski definition) is 1. The van der Waals surface area contributed by atoms with E-state index in [-0.39, 0.29) is 6.10 Å². The van der Waals surface area contributed by atoms with Crippen LogP contribution in [-0.4, -0.2) is 19.8 Å². The molecule has 17 heavy (non-hydrogen) atoms. The van der Waals surface area contributed by atoms with Crippen molar-refractivity contribution in [2.45, 2.75) is 32.8 Å². The molecular weight excluding hydrogens is 282 g/mol. The molecular formula is C13H20BrNO2. The SMILES string of the molecule is CCC(C)Oc1cc(CCN)c(OC)cc1Br. The van der Waals surface area contributed by atoms with Gasteiger partial charge < -0.3 is 15.2 Å². The van der Waals surface area contributed by atoms with Gasteiger partial charge in [-0.3, -0.25) is 0 Å². The van der Waals surface area contributed by atoms with E-state index < -0.39 is 0 Å². The molecule has 0 saturated heterocycles. The fourth-order valence-electron chi connectivity index (χ4n) is 1.51. The van der Waals surface area contributed by atoms with Gasteiger partial charge in [-0.1, -0.05) is 6.92 Å². The highest BCUT2D eigenvalue weighted by Gasteiger charge is 2.11. The molecule has 2 N–H and O–H groups in total. The zero-order chi connectivity index (χ0) is 12.8. The van der Waals surface area contributed by atoms with Crippen molar-refractivity contribution in [1.82, 2.24) is 0 Å². The summed E-state index contributed by atoms with van der Waals surface area (Å²) in [5.74, 6) is 1.70. The van der Waals surface area contributed by atoms with E-state index in [4.69, 9.17) is 15.2 Å². The highest BCUT2D eigenvalue weighted by Crippen LogP contribution is 2.33. The highest BCUT2D eigenvalue weighted by molar-refractivity contribution is 9.10. The Morgan fingerprint density at radius 1 is 1.35 bits per heavy atom. The Morgan fingerprint density at radius 2 is 2.06 bits per heavy atom. The molecule has 0 aliphatic carbocycles. The van der Waals surface area contributed by atoms with E-state index >= 15 is 0 Å². The molecule has 1 atom stereocenters. The predicted octanol–water partition coefficient (Wildman–Crippen LogP) is 3.14. The Morgan fingerprint density at radius 3 is 2.59 bits per heavy atom. The lowest BCUT2D eigenvalue weighted by molar-refractivity contribution is 0.215. The van der Waals surface area contributed by atoms with Gasteiger partial charge in [-0.2, -0.15) is 0 Å². The first kappa shape index (κ1) is 14.3. The van der Waals surface area contributed by atoms with Crippen molar-refractivity contribution in [3.63, 3.8) is 0 Å². The van der Waals surface area contributed by atoms with E-state index in [1.807, 2.05) is 12.1 Å². The van der Waals surface area contributed by atoms with Crippen LogP contribution >= 0.6 is 15.9 Å². The van der Waals surface area contributed by atoms with Crippen molar-refractivity contribution in [2.24, 2.45) is 5.73 Å². The summed E-state index contributed by atoms with van der Waals surface area (Å²) in [5.41, 5.74) is 6.67. The van der Waals surface area contributed by atoms with E-state index in [1.165, 1.54) is 0 Å². The van der Waals surface area contributed by atoms with E-state index in [0.717, 1.165) is 34.4 Å². The first-order valence-electron chi connectivity index (χ1n) is 5.85. The normalized spacial score (nSPS) is 12.3. The van der Waals surface area contributed by atoms with Gasteiger partial charge in [-0.25, -0.2) is 0 Å². The summed E-state index contributed by atoms with van der Waals surface area (Å²) in [6.07, 6.45) is 1.96. The lowest BCUT2D eigenvalue weighted by Crippen LogP contribution is -2.11. The molecule has 4 heteroatoms. The van der Waals surface area contributed by atoms with Gasteiger partial charge in [0.05, 0.1) is 17.7 Å². The number of hydrogen-bond acceptors (Lipinski definition) is 3. The Hall–Kier alpha value is -0.740. The molecule has 1 unspecified atom stereocenters. The number of rotatable bonds is 6. The number of ether oxygens (including phenoxy) is 2. The number of halogens is 1. The Labute approximate surface area is 111 Å². The second-order valence-corrected chi connectivity index (χ2v) is 4.82. The quantitative estimate of drug-likeness (QED) is 0.878.